The molecule has 2 heterocycles. The molecule has 1 unspecified atom stereocenters. The standard InChI is InChI=1S/C16H20F2N4/c1-19-9-12-4-6-21(10-12)11-14-5-7-22(20-14)16-3-2-13(17)8-15(16)18/h2-3,5,7-8,12,19H,4,6,9-11H2,1H3. The Balaban J connectivity index is 1.67. The van der Waals surface area contributed by atoms with Crippen LogP contribution >= 0.6 is 0 Å². The average molecular weight is 306 g/mol. The summed E-state index contributed by atoms with van der Waals surface area (Å²) in [4.78, 5) is 2.36. The molecule has 1 aromatic heterocycles. The minimum absolute atomic E-state index is 0.266. The second kappa shape index (κ2) is 6.54. The molecule has 1 atom stereocenters. The number of halogens is 2. The van der Waals surface area contributed by atoms with Crippen LogP contribution in [0.15, 0.2) is 30.5 Å². The quantitative estimate of drug-likeness (QED) is 0.919. The highest BCUT2D eigenvalue weighted by molar-refractivity contribution is 5.33. The fourth-order valence-electron chi connectivity index (χ4n) is 2.99. The predicted molar refractivity (Wildman–Crippen MR) is 80.8 cm³/mol. The fourth-order valence-corrected chi connectivity index (χ4v) is 2.99. The van der Waals surface area contributed by atoms with E-state index in [4.69, 9.17) is 0 Å². The molecule has 0 amide bonds. The number of nitrogens with zero attached hydrogens (tertiary/aromatic N) is 3. The second-order valence-corrected chi connectivity index (χ2v) is 5.79. The Hall–Kier alpha value is -1.79. The van der Waals surface area contributed by atoms with E-state index in [1.807, 2.05) is 13.1 Å². The largest absolute Gasteiger partial charge is 0.319 e. The van der Waals surface area contributed by atoms with Gasteiger partial charge in [0.25, 0.3) is 0 Å². The van der Waals surface area contributed by atoms with Gasteiger partial charge in [-0.1, -0.05) is 0 Å². The number of likely N-dealkylation sites (tertiary alicyclic amines) is 1. The Bertz CT molecular complexity index is 641. The lowest BCUT2D eigenvalue weighted by atomic mass is 10.1. The summed E-state index contributed by atoms with van der Waals surface area (Å²) in [5.41, 5.74) is 1.16. The van der Waals surface area contributed by atoms with Gasteiger partial charge in [-0.05, 0) is 50.7 Å². The van der Waals surface area contributed by atoms with Crippen molar-refractivity contribution < 1.29 is 8.78 Å². The monoisotopic (exact) mass is 306 g/mol. The van der Waals surface area contributed by atoms with Crippen LogP contribution in [-0.4, -0.2) is 41.4 Å². The molecule has 1 N–H and O–H groups in total. The lowest BCUT2D eigenvalue weighted by Crippen LogP contribution is -2.24. The van der Waals surface area contributed by atoms with Gasteiger partial charge in [-0.2, -0.15) is 5.10 Å². The summed E-state index contributed by atoms with van der Waals surface area (Å²) in [6.45, 7) is 3.91. The molecule has 1 saturated heterocycles. The SMILES string of the molecule is CNCC1CCN(Cc2ccn(-c3ccc(F)cc3F)n2)C1. The topological polar surface area (TPSA) is 33.1 Å². The van der Waals surface area contributed by atoms with E-state index < -0.39 is 11.6 Å². The maximum Gasteiger partial charge on any atom is 0.151 e. The zero-order chi connectivity index (χ0) is 15.5. The summed E-state index contributed by atoms with van der Waals surface area (Å²) in [6, 6.07) is 5.40. The maximum absolute atomic E-state index is 13.8. The van der Waals surface area contributed by atoms with Crippen molar-refractivity contribution in [2.75, 3.05) is 26.7 Å². The highest BCUT2D eigenvalue weighted by Gasteiger charge is 2.22. The number of rotatable bonds is 5. The molecule has 0 radical (unpaired) electrons. The maximum atomic E-state index is 13.8. The van der Waals surface area contributed by atoms with Crippen molar-refractivity contribution in [3.8, 4) is 5.69 Å². The molecule has 118 valence electrons. The lowest BCUT2D eigenvalue weighted by Gasteiger charge is -2.14. The van der Waals surface area contributed by atoms with Gasteiger partial charge >= 0.3 is 0 Å². The Labute approximate surface area is 128 Å². The number of nitrogens with one attached hydrogen (secondary N) is 1. The van der Waals surface area contributed by atoms with Crippen molar-refractivity contribution in [2.24, 2.45) is 5.92 Å². The molecular formula is C16H20F2N4. The number of aromatic nitrogens is 2. The minimum atomic E-state index is -0.607. The highest BCUT2D eigenvalue weighted by Crippen LogP contribution is 2.19. The van der Waals surface area contributed by atoms with Crippen molar-refractivity contribution >= 4 is 0 Å². The molecule has 0 spiro atoms. The molecule has 1 aromatic carbocycles. The summed E-state index contributed by atoms with van der Waals surface area (Å²) in [6.07, 6.45) is 2.90. The number of benzene rings is 1. The van der Waals surface area contributed by atoms with Crippen molar-refractivity contribution in [3.63, 3.8) is 0 Å². The van der Waals surface area contributed by atoms with Crippen LogP contribution in [0.25, 0.3) is 5.69 Å². The summed E-state index contributed by atoms with van der Waals surface area (Å²) < 4.78 is 28.2. The molecule has 0 bridgehead atoms. The summed E-state index contributed by atoms with van der Waals surface area (Å²) >= 11 is 0. The van der Waals surface area contributed by atoms with E-state index in [0.717, 1.165) is 37.9 Å². The minimum Gasteiger partial charge on any atom is -0.319 e. The number of hydrogen-bond acceptors (Lipinski definition) is 3. The van der Waals surface area contributed by atoms with Gasteiger partial charge in [0.05, 0.1) is 5.69 Å². The van der Waals surface area contributed by atoms with Crippen molar-refractivity contribution in [2.45, 2.75) is 13.0 Å². The third-order valence-electron chi connectivity index (χ3n) is 4.05. The summed E-state index contributed by atoms with van der Waals surface area (Å²) in [5.74, 6) is -0.507. The van der Waals surface area contributed by atoms with Gasteiger partial charge in [-0.3, -0.25) is 4.90 Å². The molecule has 1 aliphatic heterocycles. The first kappa shape index (κ1) is 15.1. The van der Waals surface area contributed by atoms with Crippen LogP contribution in [0.1, 0.15) is 12.1 Å². The van der Waals surface area contributed by atoms with E-state index in [1.54, 1.807) is 6.20 Å². The fraction of sp³-hybridized carbons (Fsp3) is 0.438. The van der Waals surface area contributed by atoms with E-state index in [2.05, 4.69) is 15.3 Å². The molecule has 6 heteroatoms. The Morgan fingerprint density at radius 2 is 2.18 bits per heavy atom. The molecule has 22 heavy (non-hydrogen) atoms. The second-order valence-electron chi connectivity index (χ2n) is 5.79. The predicted octanol–water partition coefficient (Wildman–Crippen LogP) is 2.19. The zero-order valence-electron chi connectivity index (χ0n) is 12.6. The van der Waals surface area contributed by atoms with Gasteiger partial charge < -0.3 is 5.32 Å². The van der Waals surface area contributed by atoms with E-state index in [-0.39, 0.29) is 5.69 Å². The Morgan fingerprint density at radius 1 is 1.32 bits per heavy atom. The lowest BCUT2D eigenvalue weighted by molar-refractivity contribution is 0.311. The van der Waals surface area contributed by atoms with Crippen LogP contribution in [0.4, 0.5) is 8.78 Å². The molecule has 0 saturated carbocycles. The smallest absolute Gasteiger partial charge is 0.151 e. The first-order valence-corrected chi connectivity index (χ1v) is 7.52. The van der Waals surface area contributed by atoms with Crippen molar-refractivity contribution in [1.82, 2.24) is 20.0 Å². The summed E-state index contributed by atoms with van der Waals surface area (Å²) in [7, 11) is 1.97. The van der Waals surface area contributed by atoms with Crippen LogP contribution in [0.5, 0.6) is 0 Å². The van der Waals surface area contributed by atoms with Gasteiger partial charge in [-0.15, -0.1) is 0 Å². The van der Waals surface area contributed by atoms with Gasteiger partial charge in [0.1, 0.15) is 11.5 Å². The molecule has 4 nitrogen and oxygen atoms in total. The van der Waals surface area contributed by atoms with Crippen molar-refractivity contribution in [3.05, 3.63) is 47.8 Å². The molecule has 1 aliphatic rings. The first-order valence-electron chi connectivity index (χ1n) is 7.52. The molecular weight excluding hydrogens is 286 g/mol. The van der Waals surface area contributed by atoms with E-state index in [0.29, 0.717) is 5.92 Å². The van der Waals surface area contributed by atoms with Crippen LogP contribution in [0.2, 0.25) is 0 Å². The molecule has 3 rings (SSSR count). The molecule has 0 aliphatic carbocycles. The third kappa shape index (κ3) is 3.34. The number of hydrogen-bond donors (Lipinski definition) is 1. The van der Waals surface area contributed by atoms with Crippen molar-refractivity contribution in [1.29, 1.82) is 0 Å². The molecule has 2 aromatic rings. The third-order valence-corrected chi connectivity index (χ3v) is 4.05. The summed E-state index contributed by atoms with van der Waals surface area (Å²) in [5, 5.41) is 7.61. The Morgan fingerprint density at radius 3 is 2.95 bits per heavy atom. The van der Waals surface area contributed by atoms with Crippen LogP contribution in [0.3, 0.4) is 0 Å². The normalized spacial score (nSPS) is 19.0. The zero-order valence-corrected chi connectivity index (χ0v) is 12.6. The van der Waals surface area contributed by atoms with Gasteiger partial charge in [0.15, 0.2) is 5.82 Å². The average Bonchev–Trinajstić information content (AvgIpc) is 3.10. The van der Waals surface area contributed by atoms with E-state index in [9.17, 15) is 8.78 Å². The first-order chi connectivity index (χ1) is 10.7. The van der Waals surface area contributed by atoms with Crippen LogP contribution < -0.4 is 5.32 Å². The van der Waals surface area contributed by atoms with Crippen LogP contribution in [-0.2, 0) is 6.54 Å². The van der Waals surface area contributed by atoms with Crippen LogP contribution in [0, 0.1) is 17.6 Å². The Kier molecular flexibility index (Phi) is 4.49. The van der Waals surface area contributed by atoms with Gasteiger partial charge in [-0.25, -0.2) is 13.5 Å². The van der Waals surface area contributed by atoms with Gasteiger partial charge in [0, 0.05) is 25.4 Å². The van der Waals surface area contributed by atoms with E-state index in [1.165, 1.54) is 23.2 Å². The highest BCUT2D eigenvalue weighted by atomic mass is 19.1. The van der Waals surface area contributed by atoms with Gasteiger partial charge in [0.2, 0.25) is 0 Å². The molecule has 1 fully saturated rings. The van der Waals surface area contributed by atoms with E-state index >= 15 is 0 Å².